The fourth-order valence-electron chi connectivity index (χ4n) is 4.03. The van der Waals surface area contributed by atoms with Crippen molar-refractivity contribution in [1.29, 1.82) is 0 Å². The highest BCUT2D eigenvalue weighted by molar-refractivity contribution is 5.95. The molecule has 2 aliphatic rings. The van der Waals surface area contributed by atoms with Gasteiger partial charge in [0.25, 0.3) is 0 Å². The van der Waals surface area contributed by atoms with Crippen LogP contribution in [0.2, 0.25) is 0 Å². The summed E-state index contributed by atoms with van der Waals surface area (Å²) in [7, 11) is 0. The summed E-state index contributed by atoms with van der Waals surface area (Å²) in [5.41, 5.74) is 0.413. The first-order valence-corrected chi connectivity index (χ1v) is 10.6. The maximum Gasteiger partial charge on any atom is 0.416 e. The van der Waals surface area contributed by atoms with Crippen molar-refractivity contribution in [1.82, 2.24) is 9.80 Å². The summed E-state index contributed by atoms with van der Waals surface area (Å²) < 4.78 is 10.4. The summed E-state index contributed by atoms with van der Waals surface area (Å²) in [6, 6.07) is 18.4. The lowest BCUT2D eigenvalue weighted by Crippen LogP contribution is -2.68. The Balaban J connectivity index is 1.34. The largest absolute Gasteiger partial charge is 0.447 e. The second-order valence-corrected chi connectivity index (χ2v) is 8.35. The van der Waals surface area contributed by atoms with Gasteiger partial charge in [0, 0.05) is 0 Å². The van der Waals surface area contributed by atoms with E-state index >= 15 is 0 Å². The zero-order chi connectivity index (χ0) is 22.7. The summed E-state index contributed by atoms with van der Waals surface area (Å²) in [5.74, 6) is -1.39. The van der Waals surface area contributed by atoms with Crippen LogP contribution in [0, 0.1) is 5.92 Å². The maximum atomic E-state index is 13.1. The van der Waals surface area contributed by atoms with E-state index in [-0.39, 0.29) is 26.3 Å². The van der Waals surface area contributed by atoms with Gasteiger partial charge >= 0.3 is 12.2 Å². The van der Waals surface area contributed by atoms with Gasteiger partial charge in [0.15, 0.2) is 0 Å². The minimum Gasteiger partial charge on any atom is -0.447 e. The Morgan fingerprint density at radius 3 is 2.31 bits per heavy atom. The maximum absolute atomic E-state index is 13.1. The number of aliphatic hydroxyl groups is 1. The zero-order valence-corrected chi connectivity index (χ0v) is 17.8. The monoisotopic (exact) mass is 438 g/mol. The third-order valence-electron chi connectivity index (χ3n) is 6.08. The highest BCUT2D eigenvalue weighted by Gasteiger charge is 2.53. The fourth-order valence-corrected chi connectivity index (χ4v) is 4.03. The number of amides is 3. The SMILES string of the molecule is C[C@@H](C(=O)N1C(=O)OC[C@@H]1Cc1ccccc1)C1(O)CN(C(=O)OCc2ccccc2)C1. The molecule has 2 atom stereocenters. The van der Waals surface area contributed by atoms with Gasteiger partial charge in [-0.2, -0.15) is 0 Å². The smallest absolute Gasteiger partial charge is 0.416 e. The number of imide groups is 1. The zero-order valence-electron chi connectivity index (χ0n) is 17.8. The van der Waals surface area contributed by atoms with E-state index in [9.17, 15) is 19.5 Å². The van der Waals surface area contributed by atoms with Gasteiger partial charge < -0.3 is 19.5 Å². The van der Waals surface area contributed by atoms with Crippen LogP contribution in [0.5, 0.6) is 0 Å². The van der Waals surface area contributed by atoms with Crippen molar-refractivity contribution in [3.05, 3.63) is 71.8 Å². The number of hydrogen-bond donors (Lipinski definition) is 1. The standard InChI is InChI=1S/C24H26N2O6/c1-17(21(27)26-20(14-32-23(26)29)12-18-8-4-2-5-9-18)24(30)15-25(16-24)22(28)31-13-19-10-6-3-7-11-19/h2-11,17,20,30H,12-16H2,1H3/t17-,20-/m0/s1. The van der Waals surface area contributed by atoms with E-state index < -0.39 is 35.7 Å². The summed E-state index contributed by atoms with van der Waals surface area (Å²) in [5, 5.41) is 10.9. The number of β-amino-alcohol motifs (C(OH)–C–C–N with tert-alkyl or cyclic N) is 1. The number of likely N-dealkylation sites (tertiary alicyclic amines) is 1. The molecule has 0 spiro atoms. The van der Waals surface area contributed by atoms with Gasteiger partial charge in [0.05, 0.1) is 25.0 Å². The molecule has 8 nitrogen and oxygen atoms in total. The van der Waals surface area contributed by atoms with Crippen molar-refractivity contribution in [2.24, 2.45) is 5.92 Å². The van der Waals surface area contributed by atoms with E-state index in [0.29, 0.717) is 6.42 Å². The Morgan fingerprint density at radius 2 is 1.69 bits per heavy atom. The molecule has 2 fully saturated rings. The van der Waals surface area contributed by atoms with E-state index in [1.165, 1.54) is 4.90 Å². The van der Waals surface area contributed by atoms with Crippen LogP contribution in [0.15, 0.2) is 60.7 Å². The molecule has 0 aliphatic carbocycles. The van der Waals surface area contributed by atoms with Gasteiger partial charge in [-0.25, -0.2) is 14.5 Å². The van der Waals surface area contributed by atoms with E-state index in [4.69, 9.17) is 9.47 Å². The Bertz CT molecular complexity index is 974. The summed E-state index contributed by atoms with van der Waals surface area (Å²) in [4.78, 5) is 40.1. The lowest BCUT2D eigenvalue weighted by molar-refractivity contribution is -0.158. The summed E-state index contributed by atoms with van der Waals surface area (Å²) in [6.45, 7) is 1.73. The molecule has 2 aromatic carbocycles. The second-order valence-electron chi connectivity index (χ2n) is 8.35. The Hall–Kier alpha value is -3.39. The van der Waals surface area contributed by atoms with Crippen LogP contribution in [-0.2, 0) is 27.3 Å². The molecular weight excluding hydrogens is 412 g/mol. The van der Waals surface area contributed by atoms with E-state index in [1.807, 2.05) is 60.7 Å². The van der Waals surface area contributed by atoms with Crippen molar-refractivity contribution in [2.75, 3.05) is 19.7 Å². The first-order valence-electron chi connectivity index (χ1n) is 10.6. The predicted molar refractivity (Wildman–Crippen MR) is 114 cm³/mol. The highest BCUT2D eigenvalue weighted by atomic mass is 16.6. The van der Waals surface area contributed by atoms with Crippen LogP contribution >= 0.6 is 0 Å². The first-order chi connectivity index (χ1) is 15.4. The molecule has 0 saturated carbocycles. The number of carbonyl (C=O) groups is 3. The number of hydrogen-bond acceptors (Lipinski definition) is 6. The predicted octanol–water partition coefficient (Wildman–Crippen LogP) is 2.60. The molecule has 2 aromatic rings. The molecule has 8 heteroatoms. The van der Waals surface area contributed by atoms with Gasteiger partial charge in [0.2, 0.25) is 5.91 Å². The number of benzene rings is 2. The highest BCUT2D eigenvalue weighted by Crippen LogP contribution is 2.32. The van der Waals surface area contributed by atoms with Gasteiger partial charge in [-0.3, -0.25) is 4.79 Å². The molecule has 2 saturated heterocycles. The van der Waals surface area contributed by atoms with Gasteiger partial charge in [-0.05, 0) is 17.5 Å². The van der Waals surface area contributed by atoms with Crippen LogP contribution in [0.1, 0.15) is 18.1 Å². The van der Waals surface area contributed by atoms with Crippen LogP contribution in [0.4, 0.5) is 9.59 Å². The lowest BCUT2D eigenvalue weighted by Gasteiger charge is -2.48. The molecule has 0 aromatic heterocycles. The topological polar surface area (TPSA) is 96.4 Å². The molecule has 0 unspecified atom stereocenters. The van der Waals surface area contributed by atoms with Gasteiger partial charge in [-0.15, -0.1) is 0 Å². The van der Waals surface area contributed by atoms with E-state index in [1.54, 1.807) is 6.92 Å². The second kappa shape index (κ2) is 9.00. The average molecular weight is 438 g/mol. The van der Waals surface area contributed by atoms with Crippen molar-refractivity contribution >= 4 is 18.1 Å². The van der Waals surface area contributed by atoms with Crippen molar-refractivity contribution in [3.63, 3.8) is 0 Å². The van der Waals surface area contributed by atoms with Crippen molar-refractivity contribution in [3.8, 4) is 0 Å². The van der Waals surface area contributed by atoms with Crippen LogP contribution in [0.3, 0.4) is 0 Å². The number of carbonyl (C=O) groups excluding carboxylic acids is 3. The summed E-state index contributed by atoms with van der Waals surface area (Å²) in [6.07, 6.45) is -0.785. The number of nitrogens with zero attached hydrogens (tertiary/aromatic N) is 2. The molecule has 4 rings (SSSR count). The van der Waals surface area contributed by atoms with Gasteiger partial charge in [0.1, 0.15) is 18.8 Å². The quantitative estimate of drug-likeness (QED) is 0.745. The summed E-state index contributed by atoms with van der Waals surface area (Å²) >= 11 is 0. The lowest BCUT2D eigenvalue weighted by atomic mass is 9.81. The minimum atomic E-state index is -1.43. The molecule has 0 bridgehead atoms. The van der Waals surface area contributed by atoms with Crippen molar-refractivity contribution in [2.45, 2.75) is 31.6 Å². The number of cyclic esters (lactones) is 1. The molecular formula is C24H26N2O6. The van der Waals surface area contributed by atoms with E-state index in [2.05, 4.69) is 0 Å². The average Bonchev–Trinajstić information content (AvgIpc) is 3.15. The molecule has 2 heterocycles. The third kappa shape index (κ3) is 4.45. The van der Waals surface area contributed by atoms with Crippen LogP contribution in [0.25, 0.3) is 0 Å². The molecule has 168 valence electrons. The minimum absolute atomic E-state index is 0.0419. The molecule has 0 radical (unpaired) electrons. The van der Waals surface area contributed by atoms with Crippen LogP contribution < -0.4 is 0 Å². The van der Waals surface area contributed by atoms with Crippen molar-refractivity contribution < 1.29 is 29.0 Å². The molecule has 3 amide bonds. The molecule has 32 heavy (non-hydrogen) atoms. The van der Waals surface area contributed by atoms with Crippen LogP contribution in [-0.4, -0.2) is 64.3 Å². The number of rotatable bonds is 6. The third-order valence-corrected chi connectivity index (χ3v) is 6.08. The van der Waals surface area contributed by atoms with Gasteiger partial charge in [-0.1, -0.05) is 67.6 Å². The molecule has 2 aliphatic heterocycles. The Kier molecular flexibility index (Phi) is 6.14. The Labute approximate surface area is 186 Å². The number of ether oxygens (including phenoxy) is 2. The normalized spacial score (nSPS) is 20.3. The fraction of sp³-hybridized carbons (Fsp3) is 0.375. The molecule has 1 N–H and O–H groups in total. The van der Waals surface area contributed by atoms with E-state index in [0.717, 1.165) is 16.0 Å². The Morgan fingerprint density at radius 1 is 1.09 bits per heavy atom. The first kappa shape index (κ1) is 21.8.